The highest BCUT2D eigenvalue weighted by Gasteiger charge is 2.16. The lowest BCUT2D eigenvalue weighted by Gasteiger charge is -2.11. The molecule has 9 heteroatoms. The van der Waals surface area contributed by atoms with E-state index in [1.54, 1.807) is 0 Å². The van der Waals surface area contributed by atoms with Gasteiger partial charge in [-0.25, -0.2) is 15.0 Å². The third kappa shape index (κ3) is 9.03. The van der Waals surface area contributed by atoms with Gasteiger partial charge in [0.25, 0.3) is 0 Å². The van der Waals surface area contributed by atoms with Gasteiger partial charge < -0.3 is 5.73 Å². The van der Waals surface area contributed by atoms with Gasteiger partial charge in [0.1, 0.15) is 5.84 Å². The lowest BCUT2D eigenvalue weighted by atomic mass is 10.0. The molecule has 0 fully saturated rings. The summed E-state index contributed by atoms with van der Waals surface area (Å²) in [6.07, 6.45) is 0.881. The number of carbonyl (C=O) groups excluding carboxylic acids is 1. The summed E-state index contributed by atoms with van der Waals surface area (Å²) in [6.45, 7) is 0. The molecule has 0 unspecified atom stereocenters. The Bertz CT molecular complexity index is 2390. The highest BCUT2D eigenvalue weighted by Crippen LogP contribution is 2.35. The monoisotopic (exact) mass is 827 g/mol. The van der Waals surface area contributed by atoms with Crippen molar-refractivity contribution < 1.29 is 4.79 Å². The predicted octanol–water partition coefficient (Wildman–Crippen LogP) is 11.6. The number of hydrogen-bond acceptors (Lipinski definition) is 5. The third-order valence-corrected chi connectivity index (χ3v) is 9.27. The van der Waals surface area contributed by atoms with Crippen molar-refractivity contribution >= 4 is 77.9 Å². The third-order valence-electron chi connectivity index (χ3n) is 7.92. The fourth-order valence-corrected chi connectivity index (χ4v) is 6.36. The summed E-state index contributed by atoms with van der Waals surface area (Å²) in [7, 11) is 0. The molecule has 0 radical (unpaired) electrons. The van der Waals surface area contributed by atoms with E-state index in [-0.39, 0.29) is 18.2 Å². The van der Waals surface area contributed by atoms with Gasteiger partial charge in [0.15, 0.2) is 23.8 Å². The molecule has 3 N–H and O–H groups in total. The zero-order valence-electron chi connectivity index (χ0n) is 27.7. The standard InChI is InChI=1S/C25H16BrN3.C11H7BrO.C7H8N2.ClH/c26-21-16-15-17-9-7-8-14-20(17)22(21)25-28-23(18-10-3-1-4-11-18)27-24(29-25)19-12-5-2-6-13-19;12-11-6-5-8-3-1-2-4-9(8)10(11)7-13;8-7(9)6-4-2-1-3-5-6;/h1-16H;1-7H;1-5H,(H3,8,9);1H. The Kier molecular flexibility index (Phi) is 13.1. The van der Waals surface area contributed by atoms with Crippen molar-refractivity contribution in [3.63, 3.8) is 0 Å². The van der Waals surface area contributed by atoms with Crippen LogP contribution in [0, 0.1) is 5.41 Å². The fourth-order valence-electron chi connectivity index (χ4n) is 5.40. The number of nitrogens with zero attached hydrogens (tertiary/aromatic N) is 3. The van der Waals surface area contributed by atoms with Gasteiger partial charge in [-0.15, -0.1) is 12.4 Å². The molecule has 0 spiro atoms. The lowest BCUT2D eigenvalue weighted by Crippen LogP contribution is -2.10. The van der Waals surface area contributed by atoms with Crippen LogP contribution in [-0.2, 0) is 0 Å². The smallest absolute Gasteiger partial charge is 0.165 e. The van der Waals surface area contributed by atoms with Gasteiger partial charge in [0, 0.05) is 36.8 Å². The van der Waals surface area contributed by atoms with Crippen LogP contribution in [0.1, 0.15) is 15.9 Å². The van der Waals surface area contributed by atoms with Crippen molar-refractivity contribution in [3.05, 3.63) is 184 Å². The maximum Gasteiger partial charge on any atom is 0.165 e. The molecule has 7 aromatic carbocycles. The zero-order chi connectivity index (χ0) is 35.6. The van der Waals surface area contributed by atoms with Crippen LogP contribution < -0.4 is 5.73 Å². The molecule has 256 valence electrons. The van der Waals surface area contributed by atoms with E-state index in [0.717, 1.165) is 64.6 Å². The Hall–Kier alpha value is -5.54. The van der Waals surface area contributed by atoms with Gasteiger partial charge in [-0.3, -0.25) is 10.2 Å². The number of aldehydes is 1. The molecule has 0 amide bonds. The molecule has 8 rings (SSSR count). The lowest BCUT2D eigenvalue weighted by molar-refractivity contribution is 0.112. The molecule has 0 atom stereocenters. The Morgan fingerprint density at radius 1 is 0.519 bits per heavy atom. The molecule has 8 aromatic rings. The van der Waals surface area contributed by atoms with Crippen molar-refractivity contribution in [3.8, 4) is 34.2 Å². The zero-order valence-corrected chi connectivity index (χ0v) is 31.6. The number of rotatable bonds is 5. The first-order valence-electron chi connectivity index (χ1n) is 16.0. The van der Waals surface area contributed by atoms with Crippen molar-refractivity contribution in [1.29, 1.82) is 5.41 Å². The predicted molar refractivity (Wildman–Crippen MR) is 223 cm³/mol. The summed E-state index contributed by atoms with van der Waals surface area (Å²) in [5.74, 6) is 2.10. The first kappa shape index (κ1) is 37.7. The molecule has 0 aliphatic rings. The summed E-state index contributed by atoms with van der Waals surface area (Å²) in [6, 6.07) is 53.4. The molecule has 52 heavy (non-hydrogen) atoms. The number of halogens is 3. The number of carbonyl (C=O) groups is 1. The Morgan fingerprint density at radius 2 is 0.942 bits per heavy atom. The second-order valence-corrected chi connectivity index (χ2v) is 13.0. The van der Waals surface area contributed by atoms with Crippen LogP contribution in [0.2, 0.25) is 0 Å². The fraction of sp³-hybridized carbons (Fsp3) is 0. The van der Waals surface area contributed by atoms with Crippen LogP contribution in [0.25, 0.3) is 55.7 Å². The second kappa shape index (κ2) is 18.1. The second-order valence-electron chi connectivity index (χ2n) is 11.3. The number of aromatic nitrogens is 3. The molecule has 6 nitrogen and oxygen atoms in total. The van der Waals surface area contributed by atoms with E-state index >= 15 is 0 Å². The molecule has 1 aromatic heterocycles. The molecule has 0 saturated heterocycles. The normalized spacial score (nSPS) is 10.2. The minimum absolute atomic E-state index is 0. The molecule has 0 bridgehead atoms. The molecular weight excluding hydrogens is 798 g/mol. The van der Waals surface area contributed by atoms with Crippen LogP contribution in [0.5, 0.6) is 0 Å². The van der Waals surface area contributed by atoms with E-state index < -0.39 is 0 Å². The van der Waals surface area contributed by atoms with Crippen molar-refractivity contribution in [2.24, 2.45) is 5.73 Å². The van der Waals surface area contributed by atoms with Crippen LogP contribution >= 0.6 is 44.3 Å². The van der Waals surface area contributed by atoms with E-state index in [1.165, 1.54) is 0 Å². The van der Waals surface area contributed by atoms with Gasteiger partial charge in [0.05, 0.1) is 0 Å². The van der Waals surface area contributed by atoms with E-state index in [2.05, 4.69) is 50.1 Å². The number of fused-ring (bicyclic) bond motifs is 2. The number of amidine groups is 1. The minimum Gasteiger partial charge on any atom is -0.384 e. The molecule has 0 aliphatic heterocycles. The van der Waals surface area contributed by atoms with E-state index in [0.29, 0.717) is 17.5 Å². The molecule has 1 heterocycles. The quantitative estimate of drug-likeness (QED) is 0.102. The Morgan fingerprint density at radius 3 is 1.44 bits per heavy atom. The van der Waals surface area contributed by atoms with Crippen LogP contribution in [0.3, 0.4) is 0 Å². The SMILES string of the molecule is Brc1ccc2ccccc2c1-c1nc(-c2ccccc2)nc(-c2ccccc2)n1.Cl.N=C(N)c1ccccc1.O=Cc1c(Br)ccc2ccccc12. The van der Waals surface area contributed by atoms with Gasteiger partial charge in [0.2, 0.25) is 0 Å². The Labute approximate surface area is 325 Å². The van der Waals surface area contributed by atoms with Crippen LogP contribution in [0.4, 0.5) is 0 Å². The summed E-state index contributed by atoms with van der Waals surface area (Å²) in [5.41, 5.74) is 9.59. The average Bonchev–Trinajstić information content (AvgIpc) is 3.19. The van der Waals surface area contributed by atoms with Crippen LogP contribution in [-0.4, -0.2) is 27.1 Å². The van der Waals surface area contributed by atoms with Gasteiger partial charge in [-0.05, 0) is 33.7 Å². The first-order valence-corrected chi connectivity index (χ1v) is 17.6. The maximum absolute atomic E-state index is 10.8. The summed E-state index contributed by atoms with van der Waals surface area (Å²) < 4.78 is 1.81. The largest absolute Gasteiger partial charge is 0.384 e. The van der Waals surface area contributed by atoms with Gasteiger partial charge >= 0.3 is 0 Å². The van der Waals surface area contributed by atoms with Crippen molar-refractivity contribution in [1.82, 2.24) is 15.0 Å². The molecule has 0 aliphatic carbocycles. The summed E-state index contributed by atoms with van der Waals surface area (Å²) in [4.78, 5) is 25.3. The van der Waals surface area contributed by atoms with E-state index in [1.807, 2.05) is 146 Å². The van der Waals surface area contributed by atoms with Crippen LogP contribution in [0.15, 0.2) is 173 Å². The molecular formula is C43H32Br2ClN5O. The van der Waals surface area contributed by atoms with Gasteiger partial charge in [-0.1, -0.05) is 184 Å². The van der Waals surface area contributed by atoms with E-state index in [4.69, 9.17) is 26.1 Å². The topological polar surface area (TPSA) is 106 Å². The number of nitrogens with one attached hydrogen (secondary N) is 1. The number of benzene rings is 7. The first-order chi connectivity index (χ1) is 24.9. The minimum atomic E-state index is 0. The van der Waals surface area contributed by atoms with Gasteiger partial charge in [-0.2, -0.15) is 0 Å². The summed E-state index contributed by atoms with van der Waals surface area (Å²) in [5, 5.41) is 11.3. The van der Waals surface area contributed by atoms with E-state index in [9.17, 15) is 4.79 Å². The number of hydrogen-bond donors (Lipinski definition) is 2. The Balaban J connectivity index is 0.000000187. The highest BCUT2D eigenvalue weighted by atomic mass is 79.9. The van der Waals surface area contributed by atoms with Crippen molar-refractivity contribution in [2.75, 3.05) is 0 Å². The number of nitrogen functional groups attached to an aromatic ring is 1. The maximum atomic E-state index is 10.8. The average molecular weight is 830 g/mol. The number of nitrogens with two attached hydrogens (primary N) is 1. The van der Waals surface area contributed by atoms with Crippen molar-refractivity contribution in [2.45, 2.75) is 0 Å². The summed E-state index contributed by atoms with van der Waals surface area (Å²) >= 11 is 7.06. The molecule has 0 saturated carbocycles. The highest BCUT2D eigenvalue weighted by molar-refractivity contribution is 9.11.